The molecule has 134 valence electrons. The van der Waals surface area contributed by atoms with Crippen molar-refractivity contribution in [1.82, 2.24) is 5.32 Å². The monoisotopic (exact) mass is 380 g/mol. The molecule has 0 saturated carbocycles. The van der Waals surface area contributed by atoms with E-state index in [1.165, 1.54) is 4.31 Å². The van der Waals surface area contributed by atoms with Crippen LogP contribution in [-0.2, 0) is 15.8 Å². The lowest BCUT2D eigenvalue weighted by Gasteiger charge is -2.17. The number of benzene rings is 1. The van der Waals surface area contributed by atoms with Crippen LogP contribution in [0.4, 0.5) is 5.69 Å². The van der Waals surface area contributed by atoms with Crippen molar-refractivity contribution in [1.29, 1.82) is 0 Å². The number of carbonyl (C=O) groups excluding carboxylic acids is 1. The van der Waals surface area contributed by atoms with Gasteiger partial charge in [-0.05, 0) is 42.8 Å². The first kappa shape index (κ1) is 17.9. The van der Waals surface area contributed by atoms with Gasteiger partial charge in [0.25, 0.3) is 5.91 Å². The van der Waals surface area contributed by atoms with Gasteiger partial charge in [-0.25, -0.2) is 8.42 Å². The normalized spacial score (nSPS) is 16.1. The van der Waals surface area contributed by atoms with E-state index in [9.17, 15) is 13.2 Å². The zero-order valence-corrected chi connectivity index (χ0v) is 15.3. The van der Waals surface area contributed by atoms with Gasteiger partial charge in [0.05, 0.1) is 23.5 Å². The molecule has 1 aliphatic heterocycles. The van der Waals surface area contributed by atoms with Crippen LogP contribution < -0.4 is 9.62 Å². The number of rotatable bonds is 7. The molecular weight excluding hydrogens is 360 g/mol. The largest absolute Gasteiger partial charge is 0.468 e. The van der Waals surface area contributed by atoms with Gasteiger partial charge in [-0.1, -0.05) is 0 Å². The maximum absolute atomic E-state index is 12.1. The van der Waals surface area contributed by atoms with Gasteiger partial charge in [-0.2, -0.15) is 11.8 Å². The molecule has 2 heterocycles. The summed E-state index contributed by atoms with van der Waals surface area (Å²) in [5.41, 5.74) is 1.14. The second kappa shape index (κ2) is 7.97. The van der Waals surface area contributed by atoms with Gasteiger partial charge in [0.1, 0.15) is 5.76 Å². The predicted molar refractivity (Wildman–Crippen MR) is 99.4 cm³/mol. The molecule has 2 aromatic rings. The summed E-state index contributed by atoms with van der Waals surface area (Å²) in [6, 6.07) is 10.5. The Bertz CT molecular complexity index is 802. The Morgan fingerprint density at radius 2 is 2.04 bits per heavy atom. The number of carbonyl (C=O) groups is 1. The summed E-state index contributed by atoms with van der Waals surface area (Å²) in [5, 5.41) is 2.86. The van der Waals surface area contributed by atoms with Crippen molar-refractivity contribution in [3.05, 3.63) is 54.0 Å². The Morgan fingerprint density at radius 3 is 2.68 bits per heavy atom. The number of nitrogens with one attached hydrogen (secondary N) is 1. The molecule has 1 aromatic heterocycles. The molecule has 1 amide bonds. The molecule has 0 bridgehead atoms. The third-order valence-corrected chi connectivity index (χ3v) is 6.72. The highest BCUT2D eigenvalue weighted by molar-refractivity contribution is 7.98. The lowest BCUT2D eigenvalue weighted by atomic mass is 10.2. The number of thioether (sulfide) groups is 1. The van der Waals surface area contributed by atoms with Crippen LogP contribution in [0, 0.1) is 0 Å². The van der Waals surface area contributed by atoms with Gasteiger partial charge >= 0.3 is 0 Å². The molecule has 6 nitrogen and oxygen atoms in total. The highest BCUT2D eigenvalue weighted by atomic mass is 32.2. The minimum absolute atomic E-state index is 0.158. The van der Waals surface area contributed by atoms with Crippen molar-refractivity contribution in [2.24, 2.45) is 0 Å². The Kier molecular flexibility index (Phi) is 5.70. The van der Waals surface area contributed by atoms with E-state index in [2.05, 4.69) is 5.32 Å². The topological polar surface area (TPSA) is 79.6 Å². The van der Waals surface area contributed by atoms with Crippen LogP contribution >= 0.6 is 11.8 Å². The van der Waals surface area contributed by atoms with Crippen LogP contribution in [0.1, 0.15) is 22.5 Å². The number of furan rings is 1. The number of anilines is 1. The van der Waals surface area contributed by atoms with Crippen molar-refractivity contribution >= 4 is 33.4 Å². The molecule has 0 unspecified atom stereocenters. The van der Waals surface area contributed by atoms with E-state index in [0.29, 0.717) is 30.8 Å². The van der Waals surface area contributed by atoms with Gasteiger partial charge in [-0.3, -0.25) is 9.10 Å². The van der Waals surface area contributed by atoms with Crippen LogP contribution in [0.15, 0.2) is 47.1 Å². The fraction of sp³-hybridized carbons (Fsp3) is 0.353. The molecule has 1 N–H and O–H groups in total. The fourth-order valence-corrected chi connectivity index (χ4v) is 4.94. The van der Waals surface area contributed by atoms with Gasteiger partial charge in [0, 0.05) is 24.4 Å². The second-order valence-electron chi connectivity index (χ2n) is 5.68. The van der Waals surface area contributed by atoms with E-state index < -0.39 is 10.0 Å². The van der Waals surface area contributed by atoms with Gasteiger partial charge < -0.3 is 9.73 Å². The number of nitrogens with zero attached hydrogens (tertiary/aromatic N) is 1. The third-order valence-electron chi connectivity index (χ3n) is 3.87. The zero-order valence-electron chi connectivity index (χ0n) is 13.7. The Hall–Kier alpha value is -1.93. The van der Waals surface area contributed by atoms with Crippen molar-refractivity contribution in [3.8, 4) is 0 Å². The van der Waals surface area contributed by atoms with E-state index in [0.717, 1.165) is 17.3 Å². The molecule has 1 aromatic carbocycles. The number of hydrogen-bond acceptors (Lipinski definition) is 5. The summed E-state index contributed by atoms with van der Waals surface area (Å²) >= 11 is 1.69. The summed E-state index contributed by atoms with van der Waals surface area (Å²) in [6.07, 6.45) is 2.29. The summed E-state index contributed by atoms with van der Waals surface area (Å²) < 4.78 is 30.5. The first-order valence-corrected chi connectivity index (χ1v) is 10.8. The van der Waals surface area contributed by atoms with Crippen molar-refractivity contribution in [2.75, 3.05) is 28.9 Å². The molecule has 1 aliphatic rings. The molecular formula is C17H20N2O4S2. The van der Waals surface area contributed by atoms with Gasteiger partial charge in [-0.15, -0.1) is 0 Å². The Labute approximate surface area is 151 Å². The van der Waals surface area contributed by atoms with Crippen LogP contribution in [0.25, 0.3) is 0 Å². The molecule has 8 heteroatoms. The average molecular weight is 380 g/mol. The summed E-state index contributed by atoms with van der Waals surface area (Å²) in [5.74, 6) is 2.52. The van der Waals surface area contributed by atoms with Crippen LogP contribution in [0.5, 0.6) is 0 Å². The van der Waals surface area contributed by atoms with Crippen LogP contribution in [-0.4, -0.2) is 38.9 Å². The van der Waals surface area contributed by atoms with E-state index in [1.54, 1.807) is 42.3 Å². The lowest BCUT2D eigenvalue weighted by Crippen LogP contribution is -2.27. The molecule has 1 saturated heterocycles. The smallest absolute Gasteiger partial charge is 0.251 e. The summed E-state index contributed by atoms with van der Waals surface area (Å²) in [6.45, 7) is 1.06. The van der Waals surface area contributed by atoms with Crippen LogP contribution in [0.2, 0.25) is 0 Å². The zero-order chi connectivity index (χ0) is 17.7. The maximum atomic E-state index is 12.1. The highest BCUT2D eigenvalue weighted by Gasteiger charge is 2.28. The maximum Gasteiger partial charge on any atom is 0.251 e. The Morgan fingerprint density at radius 1 is 1.24 bits per heavy atom. The van der Waals surface area contributed by atoms with Gasteiger partial charge in [0.2, 0.25) is 10.0 Å². The SMILES string of the molecule is O=C(NCCSCc1ccco1)c1ccc(N2CCCS2(=O)=O)cc1. The molecule has 3 rings (SSSR count). The first-order valence-electron chi connectivity index (χ1n) is 8.05. The highest BCUT2D eigenvalue weighted by Crippen LogP contribution is 2.24. The van der Waals surface area contributed by atoms with E-state index >= 15 is 0 Å². The quantitative estimate of drug-likeness (QED) is 0.747. The molecule has 0 aliphatic carbocycles. The van der Waals surface area contributed by atoms with Crippen molar-refractivity contribution in [3.63, 3.8) is 0 Å². The van der Waals surface area contributed by atoms with E-state index in [1.807, 2.05) is 12.1 Å². The number of amides is 1. The molecule has 25 heavy (non-hydrogen) atoms. The summed E-state index contributed by atoms with van der Waals surface area (Å²) in [7, 11) is -3.19. The number of sulfonamides is 1. The first-order chi connectivity index (χ1) is 12.1. The van der Waals surface area contributed by atoms with Crippen molar-refractivity contribution in [2.45, 2.75) is 12.2 Å². The van der Waals surface area contributed by atoms with E-state index in [4.69, 9.17) is 4.42 Å². The third kappa shape index (κ3) is 4.58. The minimum Gasteiger partial charge on any atom is -0.468 e. The van der Waals surface area contributed by atoms with Gasteiger partial charge in [0.15, 0.2) is 0 Å². The molecule has 1 fully saturated rings. The fourth-order valence-electron chi connectivity index (χ4n) is 2.61. The van der Waals surface area contributed by atoms with Crippen LogP contribution in [0.3, 0.4) is 0 Å². The second-order valence-corrected chi connectivity index (χ2v) is 8.79. The van der Waals surface area contributed by atoms with Crippen molar-refractivity contribution < 1.29 is 17.6 Å². The Balaban J connectivity index is 1.46. The molecule has 0 spiro atoms. The number of hydrogen-bond donors (Lipinski definition) is 1. The predicted octanol–water partition coefficient (Wildman–Crippen LogP) is 2.48. The summed E-state index contributed by atoms with van der Waals surface area (Å²) in [4.78, 5) is 12.1. The molecule has 0 atom stereocenters. The molecule has 0 radical (unpaired) electrons. The average Bonchev–Trinajstić information content (AvgIpc) is 3.23. The standard InChI is InChI=1S/C17H20N2O4S2/c20-17(18-8-11-24-13-16-3-1-10-23-16)14-4-6-15(7-5-14)19-9-2-12-25(19,21)22/h1,3-7,10H,2,8-9,11-13H2,(H,18,20). The van der Waals surface area contributed by atoms with E-state index in [-0.39, 0.29) is 11.7 Å². The minimum atomic E-state index is -3.19. The lowest BCUT2D eigenvalue weighted by molar-refractivity contribution is 0.0956.